The van der Waals surface area contributed by atoms with Gasteiger partial charge in [-0.15, -0.1) is 0 Å². The van der Waals surface area contributed by atoms with E-state index in [1.54, 1.807) is 7.11 Å². The molecule has 0 saturated carbocycles. The number of nitrogens with one attached hydrogen (secondary N) is 1. The lowest BCUT2D eigenvalue weighted by molar-refractivity contribution is -0.387. The Morgan fingerprint density at radius 2 is 2.00 bits per heavy atom. The van der Waals surface area contributed by atoms with E-state index in [-0.39, 0.29) is 11.4 Å². The smallest absolute Gasteiger partial charge is 0.289 e. The number of nitro groups is 1. The van der Waals surface area contributed by atoms with Crippen molar-refractivity contribution >= 4 is 15.7 Å². The molecule has 124 valence electrons. The van der Waals surface area contributed by atoms with Crippen molar-refractivity contribution in [1.29, 1.82) is 0 Å². The second-order valence-corrected chi connectivity index (χ2v) is 6.24. The van der Waals surface area contributed by atoms with E-state index < -0.39 is 20.6 Å². The maximum Gasteiger partial charge on any atom is 0.289 e. The van der Waals surface area contributed by atoms with Crippen LogP contribution in [0.1, 0.15) is 12.0 Å². The van der Waals surface area contributed by atoms with E-state index in [1.807, 2.05) is 0 Å². The van der Waals surface area contributed by atoms with Crippen LogP contribution < -0.4 is 4.72 Å². The van der Waals surface area contributed by atoms with Crippen LogP contribution in [0.4, 0.5) is 5.69 Å². The number of hydrogen-bond acceptors (Lipinski definition) is 6. The number of benzene rings is 1. The minimum Gasteiger partial charge on any atom is -0.382 e. The molecule has 0 unspecified atom stereocenters. The fourth-order valence-corrected chi connectivity index (χ4v) is 3.29. The van der Waals surface area contributed by atoms with Gasteiger partial charge in [-0.2, -0.15) is 0 Å². The molecule has 1 aromatic carbocycles. The van der Waals surface area contributed by atoms with E-state index in [4.69, 9.17) is 9.47 Å². The van der Waals surface area contributed by atoms with Crippen molar-refractivity contribution in [3.05, 3.63) is 33.9 Å². The maximum absolute atomic E-state index is 12.2. The monoisotopic (exact) mass is 332 g/mol. The van der Waals surface area contributed by atoms with E-state index in [2.05, 4.69) is 4.72 Å². The lowest BCUT2D eigenvalue weighted by atomic mass is 10.2. The van der Waals surface area contributed by atoms with Crippen molar-refractivity contribution in [3.8, 4) is 0 Å². The van der Waals surface area contributed by atoms with Crippen molar-refractivity contribution in [2.24, 2.45) is 0 Å². The largest absolute Gasteiger partial charge is 0.382 e. The minimum absolute atomic E-state index is 0.140. The number of rotatable bonds is 10. The Bertz CT molecular complexity index is 603. The van der Waals surface area contributed by atoms with Crippen LogP contribution in [0.5, 0.6) is 0 Å². The van der Waals surface area contributed by atoms with Crippen molar-refractivity contribution in [3.63, 3.8) is 0 Å². The quantitative estimate of drug-likeness (QED) is 0.392. The standard InChI is InChI=1S/C13H20N2O6S/c1-11-5-3-6-12(15(16)17)13(11)22(18,19)14-7-4-8-21-10-9-20-2/h3,5-6,14H,4,7-10H2,1-2H3. The summed E-state index contributed by atoms with van der Waals surface area (Å²) in [5, 5.41) is 11.0. The van der Waals surface area contributed by atoms with Gasteiger partial charge in [0, 0.05) is 26.3 Å². The highest BCUT2D eigenvalue weighted by molar-refractivity contribution is 7.89. The normalized spacial score (nSPS) is 11.5. The highest BCUT2D eigenvalue weighted by Crippen LogP contribution is 2.26. The lowest BCUT2D eigenvalue weighted by Crippen LogP contribution is -2.27. The Morgan fingerprint density at radius 3 is 2.64 bits per heavy atom. The molecular weight excluding hydrogens is 312 g/mol. The summed E-state index contributed by atoms with van der Waals surface area (Å²) >= 11 is 0. The highest BCUT2D eigenvalue weighted by atomic mass is 32.2. The van der Waals surface area contributed by atoms with Crippen LogP contribution >= 0.6 is 0 Å². The molecule has 22 heavy (non-hydrogen) atoms. The molecule has 0 fully saturated rings. The summed E-state index contributed by atoms with van der Waals surface area (Å²) in [5.41, 5.74) is -0.0955. The van der Waals surface area contributed by atoms with Gasteiger partial charge in [0.15, 0.2) is 4.90 Å². The highest BCUT2D eigenvalue weighted by Gasteiger charge is 2.27. The molecule has 0 aliphatic heterocycles. The molecule has 0 heterocycles. The average Bonchev–Trinajstić information content (AvgIpc) is 2.45. The van der Waals surface area contributed by atoms with Crippen LogP contribution in [0, 0.1) is 17.0 Å². The van der Waals surface area contributed by atoms with Crippen molar-refractivity contribution in [2.75, 3.05) is 33.5 Å². The molecule has 9 heteroatoms. The van der Waals surface area contributed by atoms with E-state index in [0.29, 0.717) is 31.8 Å². The summed E-state index contributed by atoms with van der Waals surface area (Å²) in [7, 11) is -2.37. The van der Waals surface area contributed by atoms with Gasteiger partial charge < -0.3 is 9.47 Å². The summed E-state index contributed by atoms with van der Waals surface area (Å²) in [4.78, 5) is 9.99. The van der Waals surface area contributed by atoms with Crippen molar-refractivity contribution < 1.29 is 22.8 Å². The van der Waals surface area contributed by atoms with E-state index in [9.17, 15) is 18.5 Å². The summed E-state index contributed by atoms with van der Waals surface area (Å²) < 4.78 is 36.9. The predicted molar refractivity (Wildman–Crippen MR) is 80.3 cm³/mol. The molecule has 0 bridgehead atoms. The Balaban J connectivity index is 2.66. The molecule has 1 rings (SSSR count). The van der Waals surface area contributed by atoms with Crippen LogP contribution in [0.2, 0.25) is 0 Å². The van der Waals surface area contributed by atoms with Gasteiger partial charge in [0.25, 0.3) is 5.69 Å². The molecule has 0 saturated heterocycles. The van der Waals surface area contributed by atoms with Crippen molar-refractivity contribution in [1.82, 2.24) is 4.72 Å². The summed E-state index contributed by atoms with van der Waals surface area (Å²) in [6, 6.07) is 4.15. The van der Waals surface area contributed by atoms with Gasteiger partial charge in [-0.1, -0.05) is 12.1 Å². The SMILES string of the molecule is COCCOCCCNS(=O)(=O)c1c(C)cccc1[N+](=O)[O-]. The topological polar surface area (TPSA) is 108 Å². The summed E-state index contributed by atoms with van der Waals surface area (Å²) in [5.74, 6) is 0. The van der Waals surface area contributed by atoms with Crippen LogP contribution in [0.3, 0.4) is 0 Å². The lowest BCUT2D eigenvalue weighted by Gasteiger charge is -2.10. The van der Waals surface area contributed by atoms with Crippen LogP contribution in [-0.4, -0.2) is 46.8 Å². The number of hydrogen-bond donors (Lipinski definition) is 1. The zero-order valence-corrected chi connectivity index (χ0v) is 13.4. The Labute approximate surface area is 129 Å². The zero-order chi connectivity index (χ0) is 16.6. The fourth-order valence-electron chi connectivity index (χ4n) is 1.83. The fraction of sp³-hybridized carbons (Fsp3) is 0.538. The second-order valence-electron chi connectivity index (χ2n) is 4.54. The van der Waals surface area contributed by atoms with Crippen LogP contribution in [0.25, 0.3) is 0 Å². The first-order valence-electron chi connectivity index (χ1n) is 6.70. The van der Waals surface area contributed by atoms with E-state index >= 15 is 0 Å². The number of ether oxygens (including phenoxy) is 2. The first kappa shape index (κ1) is 18.5. The zero-order valence-electron chi connectivity index (χ0n) is 12.6. The van der Waals surface area contributed by atoms with Gasteiger partial charge in [0.2, 0.25) is 10.0 Å². The number of methoxy groups -OCH3 is 1. The molecule has 1 aromatic rings. The number of sulfonamides is 1. The molecule has 0 atom stereocenters. The van der Waals surface area contributed by atoms with E-state index in [1.165, 1.54) is 25.1 Å². The molecule has 0 aromatic heterocycles. The maximum atomic E-state index is 12.2. The van der Waals surface area contributed by atoms with Gasteiger partial charge >= 0.3 is 0 Å². The third-order valence-corrected chi connectivity index (χ3v) is 4.50. The van der Waals surface area contributed by atoms with Gasteiger partial charge in [-0.05, 0) is 18.9 Å². The molecule has 8 nitrogen and oxygen atoms in total. The van der Waals surface area contributed by atoms with Gasteiger partial charge in [-0.3, -0.25) is 10.1 Å². The average molecular weight is 332 g/mol. The molecule has 1 N–H and O–H groups in total. The minimum atomic E-state index is -3.94. The Kier molecular flexibility index (Phi) is 7.39. The van der Waals surface area contributed by atoms with Gasteiger partial charge in [-0.25, -0.2) is 13.1 Å². The first-order valence-corrected chi connectivity index (χ1v) is 8.19. The third kappa shape index (κ3) is 5.34. The number of nitro benzene ring substituents is 1. The first-order chi connectivity index (χ1) is 10.4. The second kappa shape index (κ2) is 8.79. The molecule has 0 aliphatic carbocycles. The Morgan fingerprint density at radius 1 is 1.27 bits per heavy atom. The summed E-state index contributed by atoms with van der Waals surface area (Å²) in [6.07, 6.45) is 0.461. The number of aryl methyl sites for hydroxylation is 1. The Hall–Kier alpha value is -1.55. The molecule has 0 amide bonds. The van der Waals surface area contributed by atoms with Crippen molar-refractivity contribution in [2.45, 2.75) is 18.2 Å². The number of nitrogens with zero attached hydrogens (tertiary/aromatic N) is 1. The van der Waals surface area contributed by atoms with E-state index in [0.717, 1.165) is 0 Å². The summed E-state index contributed by atoms with van der Waals surface area (Å²) in [6.45, 7) is 2.95. The third-order valence-electron chi connectivity index (χ3n) is 2.85. The van der Waals surface area contributed by atoms with Crippen LogP contribution in [0.15, 0.2) is 23.1 Å². The molecular formula is C13H20N2O6S. The molecule has 0 radical (unpaired) electrons. The predicted octanol–water partition coefficient (Wildman–Crippen LogP) is 1.23. The molecule has 0 aliphatic rings. The van der Waals surface area contributed by atoms with Gasteiger partial charge in [0.05, 0.1) is 18.1 Å². The molecule has 0 spiro atoms. The van der Waals surface area contributed by atoms with Gasteiger partial charge in [0.1, 0.15) is 0 Å². The van der Waals surface area contributed by atoms with Crippen LogP contribution in [-0.2, 0) is 19.5 Å².